The normalized spacial score (nSPS) is 12.5. The molecule has 0 saturated heterocycles. The van der Waals surface area contributed by atoms with Gasteiger partial charge < -0.3 is 4.98 Å². The molecular weight excluding hydrogens is 262 g/mol. The van der Waals surface area contributed by atoms with Gasteiger partial charge in [0.25, 0.3) is 10.0 Å². The maximum absolute atomic E-state index is 12.3. The van der Waals surface area contributed by atoms with E-state index in [0.29, 0.717) is 6.54 Å². The smallest absolute Gasteiger partial charge is 0.260 e. The number of halogens is 1. The van der Waals surface area contributed by atoms with Gasteiger partial charge in [-0.1, -0.05) is 13.8 Å². The van der Waals surface area contributed by atoms with E-state index < -0.39 is 10.0 Å². The third-order valence-electron chi connectivity index (χ3n) is 2.71. The number of alkyl halides is 1. The first kappa shape index (κ1) is 14.5. The number of hydrogen-bond acceptors (Lipinski definition) is 3. The van der Waals surface area contributed by atoms with Gasteiger partial charge in [0, 0.05) is 18.5 Å². The van der Waals surface area contributed by atoms with Gasteiger partial charge in [0.15, 0.2) is 5.03 Å². The van der Waals surface area contributed by atoms with E-state index in [1.54, 1.807) is 0 Å². The van der Waals surface area contributed by atoms with E-state index in [4.69, 9.17) is 11.6 Å². The van der Waals surface area contributed by atoms with Crippen LogP contribution in [0.3, 0.4) is 0 Å². The zero-order valence-corrected chi connectivity index (χ0v) is 11.6. The second kappa shape index (κ2) is 6.37. The third kappa shape index (κ3) is 3.20. The maximum Gasteiger partial charge on any atom is 0.260 e. The summed E-state index contributed by atoms with van der Waals surface area (Å²) < 4.78 is 26.1. The summed E-state index contributed by atoms with van der Waals surface area (Å²) in [6.45, 7) is 4.25. The zero-order valence-electron chi connectivity index (χ0n) is 10.1. The standard InChI is InChI=1S/C10H18ClN3O2S/c1-3-9(4-2)14(6-5-11)17(15,16)10-7-12-8-13-10/h7-9H,3-6H2,1-2H3,(H,12,13). The minimum Gasteiger partial charge on any atom is -0.335 e. The number of H-pyrrole nitrogens is 1. The van der Waals surface area contributed by atoms with Crippen LogP contribution in [0.15, 0.2) is 17.6 Å². The fourth-order valence-electron chi connectivity index (χ4n) is 1.79. The number of imidazole rings is 1. The Morgan fingerprint density at radius 2 is 2.12 bits per heavy atom. The van der Waals surface area contributed by atoms with Crippen molar-refractivity contribution >= 4 is 21.6 Å². The van der Waals surface area contributed by atoms with Gasteiger partial charge in [-0.25, -0.2) is 13.4 Å². The SMILES string of the molecule is CCC(CC)N(CCCl)S(=O)(=O)c1cnc[nH]1. The lowest BCUT2D eigenvalue weighted by atomic mass is 10.2. The van der Waals surface area contributed by atoms with Gasteiger partial charge in [-0.3, -0.25) is 0 Å². The molecule has 0 aliphatic heterocycles. The van der Waals surface area contributed by atoms with E-state index >= 15 is 0 Å². The summed E-state index contributed by atoms with van der Waals surface area (Å²) in [5.74, 6) is 0.282. The van der Waals surface area contributed by atoms with Crippen LogP contribution in [0.2, 0.25) is 0 Å². The monoisotopic (exact) mass is 279 g/mol. The topological polar surface area (TPSA) is 66.1 Å². The highest BCUT2D eigenvalue weighted by Gasteiger charge is 2.30. The lowest BCUT2D eigenvalue weighted by Crippen LogP contribution is -2.41. The van der Waals surface area contributed by atoms with Crippen LogP contribution in [-0.4, -0.2) is 41.2 Å². The van der Waals surface area contributed by atoms with Crippen LogP contribution in [-0.2, 0) is 10.0 Å². The summed E-state index contributed by atoms with van der Waals surface area (Å²) in [7, 11) is -3.51. The van der Waals surface area contributed by atoms with Crippen molar-refractivity contribution in [3.05, 3.63) is 12.5 Å². The Morgan fingerprint density at radius 1 is 1.47 bits per heavy atom. The van der Waals surface area contributed by atoms with Crippen molar-refractivity contribution in [3.8, 4) is 0 Å². The van der Waals surface area contributed by atoms with Crippen LogP contribution >= 0.6 is 11.6 Å². The van der Waals surface area contributed by atoms with E-state index in [1.807, 2.05) is 13.8 Å². The van der Waals surface area contributed by atoms with Crippen LogP contribution in [0.1, 0.15) is 26.7 Å². The summed E-state index contributed by atoms with van der Waals surface area (Å²) in [5, 5.41) is 0.120. The van der Waals surface area contributed by atoms with Crippen molar-refractivity contribution < 1.29 is 8.42 Å². The Balaban J connectivity index is 3.06. The van der Waals surface area contributed by atoms with Crippen LogP contribution in [0.4, 0.5) is 0 Å². The second-order valence-corrected chi connectivity index (χ2v) is 5.93. The first-order valence-electron chi connectivity index (χ1n) is 5.64. The number of nitrogens with zero attached hydrogens (tertiary/aromatic N) is 2. The predicted octanol–water partition coefficient (Wildman–Crippen LogP) is 1.83. The minimum atomic E-state index is -3.51. The summed E-state index contributed by atoms with van der Waals surface area (Å²) in [5.41, 5.74) is 0. The molecule has 0 saturated carbocycles. The highest BCUT2D eigenvalue weighted by atomic mass is 35.5. The van der Waals surface area contributed by atoms with Gasteiger partial charge in [-0.2, -0.15) is 4.31 Å². The molecule has 0 unspecified atom stereocenters. The Hall–Kier alpha value is -0.590. The molecule has 0 aliphatic carbocycles. The van der Waals surface area contributed by atoms with E-state index in [2.05, 4.69) is 9.97 Å². The molecule has 0 atom stereocenters. The lowest BCUT2D eigenvalue weighted by molar-refractivity contribution is 0.315. The Kier molecular flexibility index (Phi) is 5.42. The summed E-state index contributed by atoms with van der Waals surface area (Å²) in [4.78, 5) is 6.38. The molecule has 0 bridgehead atoms. The first-order valence-corrected chi connectivity index (χ1v) is 7.61. The fraction of sp³-hybridized carbons (Fsp3) is 0.700. The predicted molar refractivity (Wildman–Crippen MR) is 67.6 cm³/mol. The van der Waals surface area contributed by atoms with Crippen molar-refractivity contribution in [1.82, 2.24) is 14.3 Å². The number of sulfonamides is 1. The summed E-state index contributed by atoms with van der Waals surface area (Å²) in [6.07, 6.45) is 4.21. The fourth-order valence-corrected chi connectivity index (χ4v) is 3.74. The molecular formula is C10H18ClN3O2S. The van der Waals surface area contributed by atoms with Crippen LogP contribution in [0.5, 0.6) is 0 Å². The molecule has 7 heteroatoms. The maximum atomic E-state index is 12.3. The number of aromatic amines is 1. The van der Waals surface area contributed by atoms with Crippen molar-refractivity contribution in [2.45, 2.75) is 37.8 Å². The van der Waals surface area contributed by atoms with Crippen molar-refractivity contribution in [2.24, 2.45) is 0 Å². The lowest BCUT2D eigenvalue weighted by Gasteiger charge is -2.28. The van der Waals surface area contributed by atoms with E-state index in [-0.39, 0.29) is 16.9 Å². The third-order valence-corrected chi connectivity index (χ3v) is 4.76. The average Bonchev–Trinajstić information content (AvgIpc) is 2.83. The molecule has 17 heavy (non-hydrogen) atoms. The molecule has 0 aromatic carbocycles. The average molecular weight is 280 g/mol. The van der Waals surface area contributed by atoms with Crippen LogP contribution < -0.4 is 0 Å². The Morgan fingerprint density at radius 3 is 2.53 bits per heavy atom. The number of nitrogens with one attached hydrogen (secondary N) is 1. The highest BCUT2D eigenvalue weighted by molar-refractivity contribution is 7.89. The van der Waals surface area contributed by atoms with Gasteiger partial charge in [0.05, 0.1) is 12.5 Å². The van der Waals surface area contributed by atoms with Gasteiger partial charge in [0.2, 0.25) is 0 Å². The molecule has 1 N–H and O–H groups in total. The molecule has 0 spiro atoms. The molecule has 0 fully saturated rings. The molecule has 1 rings (SSSR count). The largest absolute Gasteiger partial charge is 0.335 e. The van der Waals surface area contributed by atoms with Crippen LogP contribution in [0.25, 0.3) is 0 Å². The van der Waals surface area contributed by atoms with E-state index in [1.165, 1.54) is 16.8 Å². The Bertz CT molecular complexity index is 415. The molecule has 1 aromatic rings. The number of aromatic nitrogens is 2. The minimum absolute atomic E-state index is 0.0259. The van der Waals surface area contributed by atoms with E-state index in [9.17, 15) is 8.42 Å². The number of hydrogen-bond donors (Lipinski definition) is 1. The molecule has 0 amide bonds. The first-order chi connectivity index (χ1) is 8.07. The van der Waals surface area contributed by atoms with E-state index in [0.717, 1.165) is 12.8 Å². The molecule has 5 nitrogen and oxygen atoms in total. The van der Waals surface area contributed by atoms with Crippen LogP contribution in [0, 0.1) is 0 Å². The summed E-state index contributed by atoms with van der Waals surface area (Å²) >= 11 is 5.69. The van der Waals surface area contributed by atoms with Crippen molar-refractivity contribution in [3.63, 3.8) is 0 Å². The molecule has 1 heterocycles. The molecule has 98 valence electrons. The molecule has 0 aliphatic rings. The quantitative estimate of drug-likeness (QED) is 0.775. The van der Waals surface area contributed by atoms with Gasteiger partial charge >= 0.3 is 0 Å². The van der Waals surface area contributed by atoms with Crippen molar-refractivity contribution in [1.29, 1.82) is 0 Å². The Labute approximate surface area is 107 Å². The molecule has 0 radical (unpaired) electrons. The molecule has 1 aromatic heterocycles. The van der Waals surface area contributed by atoms with Gasteiger partial charge in [0.1, 0.15) is 0 Å². The highest BCUT2D eigenvalue weighted by Crippen LogP contribution is 2.19. The van der Waals surface area contributed by atoms with Gasteiger partial charge in [-0.15, -0.1) is 11.6 Å². The second-order valence-electron chi connectivity index (χ2n) is 3.69. The zero-order chi connectivity index (χ0) is 12.9. The number of rotatable bonds is 7. The summed E-state index contributed by atoms with van der Waals surface area (Å²) in [6, 6.07) is -0.0259. The van der Waals surface area contributed by atoms with Gasteiger partial charge in [-0.05, 0) is 12.8 Å². The van der Waals surface area contributed by atoms with Crippen molar-refractivity contribution in [2.75, 3.05) is 12.4 Å².